The quantitative estimate of drug-likeness (QED) is 0.703. The number of hydrogen-bond donors (Lipinski definition) is 2. The fourth-order valence-corrected chi connectivity index (χ4v) is 2.88. The Labute approximate surface area is 147 Å². The highest BCUT2D eigenvalue weighted by atomic mass is 35.5. The maximum Gasteiger partial charge on any atom is 0.259 e. The molecule has 3 aromatic rings. The van der Waals surface area contributed by atoms with Gasteiger partial charge in [0, 0.05) is 24.2 Å². The fourth-order valence-electron chi connectivity index (χ4n) is 2.48. The summed E-state index contributed by atoms with van der Waals surface area (Å²) < 4.78 is 0.224. The third-order valence-electron chi connectivity index (χ3n) is 3.70. The molecule has 0 aliphatic carbocycles. The molecule has 0 spiro atoms. The number of rotatable bonds is 3. The van der Waals surface area contributed by atoms with E-state index >= 15 is 0 Å². The summed E-state index contributed by atoms with van der Waals surface area (Å²) in [6.45, 7) is 0.391. The summed E-state index contributed by atoms with van der Waals surface area (Å²) in [4.78, 5) is 31.5. The number of hydrogen-bond acceptors (Lipinski definition) is 3. The van der Waals surface area contributed by atoms with Gasteiger partial charge in [-0.25, -0.2) is 0 Å². The Morgan fingerprint density at radius 1 is 1.21 bits per heavy atom. The molecule has 0 fully saturated rings. The first kappa shape index (κ1) is 16.4. The van der Waals surface area contributed by atoms with Gasteiger partial charge in [0.15, 0.2) is 4.77 Å². The predicted octanol–water partition coefficient (Wildman–Crippen LogP) is 3.51. The van der Waals surface area contributed by atoms with Gasteiger partial charge in [0.1, 0.15) is 0 Å². The molecule has 3 rings (SSSR count). The van der Waals surface area contributed by atoms with Crippen LogP contribution in [0.3, 0.4) is 0 Å². The molecule has 1 aromatic heterocycles. The zero-order chi connectivity index (χ0) is 17.3. The molecule has 24 heavy (non-hydrogen) atoms. The summed E-state index contributed by atoms with van der Waals surface area (Å²) in [5.74, 6) is -0.170. The molecule has 0 saturated carbocycles. The van der Waals surface area contributed by atoms with Crippen molar-refractivity contribution in [1.82, 2.24) is 14.9 Å². The van der Waals surface area contributed by atoms with E-state index in [4.69, 9.17) is 23.8 Å². The van der Waals surface area contributed by atoms with Crippen LogP contribution in [0.2, 0.25) is 5.02 Å². The van der Waals surface area contributed by atoms with Crippen molar-refractivity contribution < 1.29 is 4.79 Å². The molecule has 2 N–H and O–H groups in total. The second-order valence-corrected chi connectivity index (χ2v) is 6.24. The van der Waals surface area contributed by atoms with E-state index in [1.807, 2.05) is 18.2 Å². The molecule has 0 aliphatic heterocycles. The Hall–Kier alpha value is -2.44. The minimum Gasteiger partial charge on any atom is -0.337 e. The van der Waals surface area contributed by atoms with Crippen LogP contribution < -0.4 is 5.56 Å². The van der Waals surface area contributed by atoms with Gasteiger partial charge in [-0.15, -0.1) is 0 Å². The predicted molar refractivity (Wildman–Crippen MR) is 97.0 cm³/mol. The Balaban J connectivity index is 1.92. The summed E-state index contributed by atoms with van der Waals surface area (Å²) in [5.41, 5.74) is 1.58. The van der Waals surface area contributed by atoms with Crippen LogP contribution in [-0.2, 0) is 6.54 Å². The molecule has 7 heteroatoms. The molecule has 0 saturated heterocycles. The summed E-state index contributed by atoms with van der Waals surface area (Å²) in [5, 5.41) is 1.07. The first-order chi connectivity index (χ1) is 11.5. The van der Waals surface area contributed by atoms with Crippen LogP contribution in [0.5, 0.6) is 0 Å². The second-order valence-electron chi connectivity index (χ2n) is 5.42. The van der Waals surface area contributed by atoms with E-state index in [1.165, 1.54) is 0 Å². The van der Waals surface area contributed by atoms with Crippen LogP contribution in [0.15, 0.2) is 47.3 Å². The van der Waals surface area contributed by atoms with Crippen molar-refractivity contribution in [3.63, 3.8) is 0 Å². The highest BCUT2D eigenvalue weighted by Crippen LogP contribution is 2.18. The van der Waals surface area contributed by atoms with Crippen LogP contribution in [-0.4, -0.2) is 27.8 Å². The minimum atomic E-state index is -0.280. The highest BCUT2D eigenvalue weighted by molar-refractivity contribution is 7.71. The normalized spacial score (nSPS) is 10.8. The Kier molecular flexibility index (Phi) is 4.51. The number of nitrogens with zero attached hydrogens (tertiary/aromatic N) is 1. The van der Waals surface area contributed by atoms with Crippen molar-refractivity contribution in [2.75, 3.05) is 7.05 Å². The smallest absolute Gasteiger partial charge is 0.259 e. The summed E-state index contributed by atoms with van der Waals surface area (Å²) in [6.07, 6.45) is 0. The van der Waals surface area contributed by atoms with Crippen molar-refractivity contribution in [3.05, 3.63) is 73.7 Å². The number of aromatic nitrogens is 2. The number of carbonyl (C=O) groups is 1. The average Bonchev–Trinajstić information content (AvgIpc) is 2.55. The van der Waals surface area contributed by atoms with Crippen LogP contribution in [0.1, 0.15) is 15.9 Å². The van der Waals surface area contributed by atoms with E-state index in [-0.39, 0.29) is 16.2 Å². The molecule has 0 atom stereocenters. The Morgan fingerprint density at radius 2 is 1.96 bits per heavy atom. The van der Waals surface area contributed by atoms with E-state index in [9.17, 15) is 9.59 Å². The summed E-state index contributed by atoms with van der Waals surface area (Å²) in [7, 11) is 1.70. The number of nitrogens with one attached hydrogen (secondary N) is 2. The van der Waals surface area contributed by atoms with Crippen LogP contribution in [0, 0.1) is 4.77 Å². The van der Waals surface area contributed by atoms with Gasteiger partial charge in [-0.2, -0.15) is 0 Å². The molecular formula is C17H14ClN3O2S. The van der Waals surface area contributed by atoms with Crippen LogP contribution >= 0.6 is 23.8 Å². The molecule has 0 radical (unpaired) electrons. The second kappa shape index (κ2) is 6.59. The van der Waals surface area contributed by atoms with Gasteiger partial charge in [0.2, 0.25) is 0 Å². The molecule has 0 aliphatic rings. The van der Waals surface area contributed by atoms with E-state index < -0.39 is 0 Å². The number of aromatic amines is 2. The fraction of sp³-hybridized carbons (Fsp3) is 0.118. The molecule has 0 bridgehead atoms. The van der Waals surface area contributed by atoms with E-state index in [0.717, 1.165) is 5.56 Å². The zero-order valence-corrected chi connectivity index (χ0v) is 14.4. The lowest BCUT2D eigenvalue weighted by atomic mass is 10.1. The van der Waals surface area contributed by atoms with Crippen molar-refractivity contribution in [2.24, 2.45) is 0 Å². The monoisotopic (exact) mass is 359 g/mol. The maximum absolute atomic E-state index is 12.6. The molecule has 2 aromatic carbocycles. The molecular weight excluding hydrogens is 346 g/mol. The van der Waals surface area contributed by atoms with Gasteiger partial charge in [-0.05, 0) is 42.0 Å². The lowest BCUT2D eigenvalue weighted by Crippen LogP contribution is -2.26. The van der Waals surface area contributed by atoms with Gasteiger partial charge >= 0.3 is 0 Å². The lowest BCUT2D eigenvalue weighted by Gasteiger charge is -2.18. The summed E-state index contributed by atoms with van der Waals surface area (Å²) in [6, 6.07) is 12.3. The standard InChI is InChI=1S/C17H14ClN3O2S/c1-21(9-11-4-2-3-5-13(11)18)16(23)10-6-7-12-14(8-10)19-17(24)20-15(12)22/h2-8H,9H2,1H3,(H2,19,20,22,24). The first-order valence-electron chi connectivity index (χ1n) is 7.21. The van der Waals surface area contributed by atoms with Crippen LogP contribution in [0.25, 0.3) is 10.9 Å². The Bertz CT molecular complexity index is 1040. The maximum atomic E-state index is 12.6. The number of amides is 1. The molecule has 0 unspecified atom stereocenters. The van der Waals surface area contributed by atoms with Gasteiger partial charge in [0.25, 0.3) is 11.5 Å². The highest BCUT2D eigenvalue weighted by Gasteiger charge is 2.14. The van der Waals surface area contributed by atoms with E-state index in [1.54, 1.807) is 36.2 Å². The van der Waals surface area contributed by atoms with Crippen molar-refractivity contribution in [3.8, 4) is 0 Å². The van der Waals surface area contributed by atoms with Crippen LogP contribution in [0.4, 0.5) is 0 Å². The number of halogens is 1. The van der Waals surface area contributed by atoms with Crippen molar-refractivity contribution in [2.45, 2.75) is 6.54 Å². The zero-order valence-electron chi connectivity index (χ0n) is 12.8. The number of fused-ring (bicyclic) bond motifs is 1. The molecule has 1 amide bonds. The third kappa shape index (κ3) is 3.25. The van der Waals surface area contributed by atoms with Gasteiger partial charge in [0.05, 0.1) is 10.9 Å². The molecule has 1 heterocycles. The minimum absolute atomic E-state index is 0.170. The number of carbonyl (C=O) groups excluding carboxylic acids is 1. The summed E-state index contributed by atoms with van der Waals surface area (Å²) >= 11 is 11.1. The average molecular weight is 360 g/mol. The molecule has 5 nitrogen and oxygen atoms in total. The van der Waals surface area contributed by atoms with Gasteiger partial charge in [-0.1, -0.05) is 29.8 Å². The largest absolute Gasteiger partial charge is 0.337 e. The van der Waals surface area contributed by atoms with E-state index in [2.05, 4.69) is 9.97 Å². The third-order valence-corrected chi connectivity index (χ3v) is 4.27. The van der Waals surface area contributed by atoms with E-state index in [0.29, 0.717) is 28.0 Å². The Morgan fingerprint density at radius 3 is 2.71 bits per heavy atom. The van der Waals surface area contributed by atoms with Crippen molar-refractivity contribution in [1.29, 1.82) is 0 Å². The SMILES string of the molecule is CN(Cc1ccccc1Cl)C(=O)c1ccc2c(=O)[nH]c(=S)[nH]c2c1. The number of benzene rings is 2. The lowest BCUT2D eigenvalue weighted by molar-refractivity contribution is 0.0785. The number of H-pyrrole nitrogens is 2. The first-order valence-corrected chi connectivity index (χ1v) is 7.99. The van der Waals surface area contributed by atoms with Gasteiger partial charge in [-0.3, -0.25) is 14.6 Å². The van der Waals surface area contributed by atoms with Gasteiger partial charge < -0.3 is 9.88 Å². The van der Waals surface area contributed by atoms with Crippen molar-refractivity contribution >= 4 is 40.6 Å². The topological polar surface area (TPSA) is 69.0 Å². The molecule has 122 valence electrons.